The quantitative estimate of drug-likeness (QED) is 0.104. The minimum Gasteiger partial charge on any atom is -0.497 e. The van der Waals surface area contributed by atoms with Gasteiger partial charge >= 0.3 is 7.60 Å². The van der Waals surface area contributed by atoms with Crippen LogP contribution in [-0.2, 0) is 31.8 Å². The van der Waals surface area contributed by atoms with Gasteiger partial charge in [0.25, 0.3) is 11.8 Å². The van der Waals surface area contributed by atoms with Crippen LogP contribution in [0.4, 0.5) is 5.69 Å². The number of anilines is 1. The van der Waals surface area contributed by atoms with Crippen LogP contribution >= 0.6 is 31.0 Å². The van der Waals surface area contributed by atoms with Crippen LogP contribution in [0.25, 0.3) is 21.5 Å². The van der Waals surface area contributed by atoms with Gasteiger partial charge in [0.05, 0.1) is 35.0 Å². The van der Waals surface area contributed by atoms with Gasteiger partial charge in [-0.2, -0.15) is 0 Å². The van der Waals surface area contributed by atoms with E-state index < -0.39 is 30.7 Å². The number of hydrogen-bond acceptors (Lipinski definition) is 7. The van der Waals surface area contributed by atoms with Crippen LogP contribution in [0.15, 0.2) is 157 Å². The number of halogens is 1. The molecule has 0 radical (unpaired) electrons. The van der Waals surface area contributed by atoms with Gasteiger partial charge in [0.1, 0.15) is 18.3 Å². The molecule has 0 bridgehead atoms. The Morgan fingerprint density at radius 3 is 2.30 bits per heavy atom. The highest BCUT2D eigenvalue weighted by Gasteiger charge is 2.40. The van der Waals surface area contributed by atoms with Crippen LogP contribution in [0.5, 0.6) is 5.75 Å². The minimum absolute atomic E-state index is 0.0330. The number of rotatable bonds is 12. The number of para-hydroxylation sites is 1. The molecule has 3 amide bonds. The van der Waals surface area contributed by atoms with E-state index >= 15 is 4.79 Å². The van der Waals surface area contributed by atoms with Crippen molar-refractivity contribution in [2.45, 2.75) is 29.3 Å². The molecule has 13 heteroatoms. The maximum atomic E-state index is 15.0. The lowest BCUT2D eigenvalue weighted by atomic mass is 10.0. The summed E-state index contributed by atoms with van der Waals surface area (Å²) in [7, 11) is -2.82. The summed E-state index contributed by atoms with van der Waals surface area (Å²) in [5.41, 5.74) is 3.12. The van der Waals surface area contributed by atoms with Gasteiger partial charge in [-0.3, -0.25) is 18.9 Å². The van der Waals surface area contributed by atoms with Crippen molar-refractivity contribution in [2.75, 3.05) is 18.6 Å². The van der Waals surface area contributed by atoms with Crippen molar-refractivity contribution in [3.05, 3.63) is 179 Å². The zero-order valence-corrected chi connectivity index (χ0v) is 34.8. The third-order valence-corrected chi connectivity index (χ3v) is 13.8. The topological polar surface area (TPSA) is 134 Å². The van der Waals surface area contributed by atoms with Crippen LogP contribution < -0.4 is 25.6 Å². The largest absolute Gasteiger partial charge is 0.497 e. The predicted molar refractivity (Wildman–Crippen MR) is 237 cm³/mol. The molecule has 0 spiro atoms. The first-order valence-electron chi connectivity index (χ1n) is 19.1. The fourth-order valence-corrected chi connectivity index (χ4v) is 10.3. The van der Waals surface area contributed by atoms with E-state index in [9.17, 15) is 19.0 Å². The molecule has 0 aliphatic carbocycles. The lowest BCUT2D eigenvalue weighted by Gasteiger charge is -2.29. The van der Waals surface area contributed by atoms with Crippen LogP contribution in [0.2, 0.25) is 5.02 Å². The molecule has 1 aliphatic heterocycles. The van der Waals surface area contributed by atoms with Crippen molar-refractivity contribution in [3.63, 3.8) is 0 Å². The van der Waals surface area contributed by atoms with E-state index in [0.717, 1.165) is 26.8 Å². The second-order valence-corrected chi connectivity index (χ2v) is 17.5. The number of ether oxygens (including phenoxy) is 1. The maximum Gasteiger partial charge on any atom is 0.360 e. The molecule has 7 aromatic rings. The van der Waals surface area contributed by atoms with Gasteiger partial charge in [-0.25, -0.2) is 0 Å². The Bertz CT molecular complexity index is 2780. The molecule has 3 atom stereocenters. The van der Waals surface area contributed by atoms with E-state index in [2.05, 4.69) is 10.6 Å². The normalized spacial score (nSPS) is 16.1. The van der Waals surface area contributed by atoms with Gasteiger partial charge in [0.15, 0.2) is 0 Å². The number of hydrogen-bond donors (Lipinski definition) is 3. The summed E-state index contributed by atoms with van der Waals surface area (Å²) < 4.78 is 24.4. The molecule has 1 aliphatic rings. The highest BCUT2D eigenvalue weighted by atomic mass is 35.5. The number of nitrogens with one attached hydrogen (secondary N) is 2. The number of carbonyl (C=O) groups excluding carboxylic acids is 3. The van der Waals surface area contributed by atoms with Gasteiger partial charge < -0.3 is 29.7 Å². The van der Waals surface area contributed by atoms with Crippen LogP contribution in [-0.4, -0.2) is 42.3 Å². The number of fused-ring (bicyclic) bond motifs is 3. The number of methoxy groups -OCH3 is 1. The average Bonchev–Trinajstić information content (AvgIpc) is 3.38. The smallest absolute Gasteiger partial charge is 0.360 e. The standard InChI is InChI=1S/C47H39ClN3O7PS/c1-57-34-23-21-32(22-24-34)45-44(50-46(53)38-18-10-17-37-36(38)25-26-40(43(37)48)59(55,56)58-29-30-11-3-2-4-12-30)47(54)51(39-19-7-8-20-41(39)60-45)28-42(52)49-27-33-15-9-14-31-13-5-6-16-35(31)33/h2-26,44-45H,27-29H2,1H3,(H,49,52)(H,50,53)(H,55,56)/t44-,45-/m0/s1. The first kappa shape index (κ1) is 40.8. The number of benzene rings is 7. The molecule has 1 unspecified atom stereocenters. The SMILES string of the molecule is COc1ccc([C@@H]2Sc3ccccc3N(CC(=O)NCc3cccc4ccccc34)C(=O)[C@H]2NC(=O)c2cccc3c(Cl)c(P(=O)(O)OCc4ccccc4)ccc23)cc1. The monoisotopic (exact) mass is 855 g/mol. The molecule has 0 fully saturated rings. The summed E-state index contributed by atoms with van der Waals surface area (Å²) in [4.78, 5) is 56.5. The van der Waals surface area contributed by atoms with Crippen LogP contribution in [0, 0.1) is 0 Å². The Labute approximate surface area is 356 Å². The molecule has 8 rings (SSSR count). The first-order chi connectivity index (χ1) is 29.1. The molecule has 0 saturated carbocycles. The summed E-state index contributed by atoms with van der Waals surface area (Å²) in [6, 6.07) is 44.1. The Morgan fingerprint density at radius 2 is 1.50 bits per heavy atom. The van der Waals surface area contributed by atoms with Crippen molar-refractivity contribution in [1.82, 2.24) is 10.6 Å². The lowest BCUT2D eigenvalue weighted by molar-refractivity contribution is -0.124. The fourth-order valence-electron chi connectivity index (χ4n) is 7.35. The maximum absolute atomic E-state index is 15.0. The van der Waals surface area contributed by atoms with Gasteiger partial charge in [-0.05, 0) is 69.2 Å². The van der Waals surface area contributed by atoms with Crippen LogP contribution in [0.3, 0.4) is 0 Å². The number of carbonyl (C=O) groups is 3. The van der Waals surface area contributed by atoms with Crippen molar-refractivity contribution in [3.8, 4) is 5.75 Å². The van der Waals surface area contributed by atoms with Crippen molar-refractivity contribution in [2.24, 2.45) is 0 Å². The van der Waals surface area contributed by atoms with E-state index in [-0.39, 0.29) is 41.5 Å². The van der Waals surface area contributed by atoms with Gasteiger partial charge in [0.2, 0.25) is 5.91 Å². The van der Waals surface area contributed by atoms with E-state index in [4.69, 9.17) is 20.9 Å². The first-order valence-corrected chi connectivity index (χ1v) is 21.9. The fraction of sp³-hybridized carbons (Fsp3) is 0.128. The predicted octanol–water partition coefficient (Wildman–Crippen LogP) is 8.98. The molecule has 1 heterocycles. The number of nitrogens with zero attached hydrogens (tertiary/aromatic N) is 1. The Hall–Kier alpha value is -5.94. The number of amides is 3. The summed E-state index contributed by atoms with van der Waals surface area (Å²) in [6.07, 6.45) is 0. The van der Waals surface area contributed by atoms with E-state index in [1.807, 2.05) is 72.8 Å². The second kappa shape index (κ2) is 17.7. The van der Waals surface area contributed by atoms with Gasteiger partial charge in [-0.15, -0.1) is 11.8 Å². The highest BCUT2D eigenvalue weighted by Crippen LogP contribution is 2.47. The van der Waals surface area contributed by atoms with Gasteiger partial charge in [0, 0.05) is 22.4 Å². The van der Waals surface area contributed by atoms with Crippen molar-refractivity contribution in [1.29, 1.82) is 0 Å². The van der Waals surface area contributed by atoms with E-state index in [1.165, 1.54) is 22.7 Å². The molecule has 0 aromatic heterocycles. The minimum atomic E-state index is -4.39. The van der Waals surface area contributed by atoms with Gasteiger partial charge in [-0.1, -0.05) is 127 Å². The van der Waals surface area contributed by atoms with E-state index in [1.54, 1.807) is 79.9 Å². The third-order valence-electron chi connectivity index (χ3n) is 10.4. The second-order valence-electron chi connectivity index (χ2n) is 14.1. The molecule has 60 heavy (non-hydrogen) atoms. The molecular formula is C47H39ClN3O7PS. The Balaban J connectivity index is 1.11. The Morgan fingerprint density at radius 1 is 0.800 bits per heavy atom. The third kappa shape index (κ3) is 8.54. The average molecular weight is 856 g/mol. The van der Waals surface area contributed by atoms with Crippen molar-refractivity contribution < 1.29 is 33.1 Å². The van der Waals surface area contributed by atoms with Crippen molar-refractivity contribution >= 4 is 81.2 Å². The summed E-state index contributed by atoms with van der Waals surface area (Å²) in [5, 5.41) is 8.08. The summed E-state index contributed by atoms with van der Waals surface area (Å²) >= 11 is 8.21. The van der Waals surface area contributed by atoms with E-state index in [0.29, 0.717) is 27.8 Å². The highest BCUT2D eigenvalue weighted by molar-refractivity contribution is 7.99. The summed E-state index contributed by atoms with van der Waals surface area (Å²) in [6.45, 7) is -0.159. The molecule has 3 N–H and O–H groups in total. The zero-order valence-electron chi connectivity index (χ0n) is 32.3. The number of thioether (sulfide) groups is 1. The summed E-state index contributed by atoms with van der Waals surface area (Å²) in [5.74, 6) is -0.823. The molecular weight excluding hydrogens is 817 g/mol. The lowest BCUT2D eigenvalue weighted by Crippen LogP contribution is -2.52. The molecule has 10 nitrogen and oxygen atoms in total. The Kier molecular flexibility index (Phi) is 12.1. The molecule has 0 saturated heterocycles. The molecule has 302 valence electrons. The zero-order chi connectivity index (χ0) is 41.8. The van der Waals surface area contributed by atoms with Crippen LogP contribution in [0.1, 0.15) is 32.3 Å². The molecule has 7 aromatic carbocycles.